The largest absolute Gasteiger partial charge is 0.396 e. The van der Waals surface area contributed by atoms with Gasteiger partial charge in [-0.05, 0) is 43.4 Å². The van der Waals surface area contributed by atoms with Crippen LogP contribution in [0.4, 0.5) is 10.1 Å². The van der Waals surface area contributed by atoms with Crippen molar-refractivity contribution in [3.63, 3.8) is 0 Å². The summed E-state index contributed by atoms with van der Waals surface area (Å²) in [5, 5.41) is 8.93. The SMILES string of the molecule is CC(N)c1ccc(N2CCC(CCO)C2)c(F)c1. The highest BCUT2D eigenvalue weighted by Crippen LogP contribution is 2.29. The molecule has 0 amide bonds. The van der Waals surface area contributed by atoms with Crippen LogP contribution in [0.1, 0.15) is 31.4 Å². The number of rotatable bonds is 4. The molecule has 1 aromatic rings. The van der Waals surface area contributed by atoms with Gasteiger partial charge in [0.05, 0.1) is 5.69 Å². The van der Waals surface area contributed by atoms with Crippen molar-refractivity contribution >= 4 is 5.69 Å². The number of aliphatic hydroxyl groups excluding tert-OH is 1. The van der Waals surface area contributed by atoms with E-state index in [1.807, 2.05) is 19.1 Å². The van der Waals surface area contributed by atoms with Crippen LogP contribution in [0.25, 0.3) is 0 Å². The number of halogens is 1. The summed E-state index contributed by atoms with van der Waals surface area (Å²) in [6, 6.07) is 5.09. The van der Waals surface area contributed by atoms with Gasteiger partial charge in [0.25, 0.3) is 0 Å². The first kappa shape index (κ1) is 13.3. The fourth-order valence-corrected chi connectivity index (χ4v) is 2.53. The smallest absolute Gasteiger partial charge is 0.146 e. The molecule has 1 fully saturated rings. The molecule has 0 spiro atoms. The Morgan fingerprint density at radius 3 is 2.94 bits per heavy atom. The Balaban J connectivity index is 2.10. The highest BCUT2D eigenvalue weighted by Gasteiger charge is 2.24. The first-order chi connectivity index (χ1) is 8.61. The van der Waals surface area contributed by atoms with E-state index < -0.39 is 0 Å². The molecule has 100 valence electrons. The number of hydrogen-bond acceptors (Lipinski definition) is 3. The van der Waals surface area contributed by atoms with Gasteiger partial charge in [0.15, 0.2) is 0 Å². The molecular weight excluding hydrogens is 231 g/mol. The van der Waals surface area contributed by atoms with Crippen molar-refractivity contribution in [2.45, 2.75) is 25.8 Å². The average Bonchev–Trinajstić information content (AvgIpc) is 2.77. The second-order valence-electron chi connectivity index (χ2n) is 5.11. The van der Waals surface area contributed by atoms with Crippen molar-refractivity contribution in [2.75, 3.05) is 24.6 Å². The Bertz CT molecular complexity index is 409. The topological polar surface area (TPSA) is 49.5 Å². The van der Waals surface area contributed by atoms with E-state index in [1.165, 1.54) is 6.07 Å². The molecule has 1 aromatic carbocycles. The van der Waals surface area contributed by atoms with Gasteiger partial charge < -0.3 is 15.7 Å². The molecule has 0 saturated carbocycles. The van der Waals surface area contributed by atoms with Crippen molar-refractivity contribution in [1.29, 1.82) is 0 Å². The quantitative estimate of drug-likeness (QED) is 0.862. The van der Waals surface area contributed by atoms with E-state index >= 15 is 0 Å². The fraction of sp³-hybridized carbons (Fsp3) is 0.571. The summed E-state index contributed by atoms with van der Waals surface area (Å²) in [7, 11) is 0. The molecular formula is C14H21FN2O. The first-order valence-electron chi connectivity index (χ1n) is 6.52. The molecule has 2 atom stereocenters. The molecule has 2 unspecified atom stereocenters. The Labute approximate surface area is 107 Å². The number of aliphatic hydroxyl groups is 1. The van der Waals surface area contributed by atoms with Gasteiger partial charge in [-0.15, -0.1) is 0 Å². The van der Waals surface area contributed by atoms with Crippen LogP contribution in [0, 0.1) is 11.7 Å². The zero-order valence-corrected chi connectivity index (χ0v) is 10.8. The maximum absolute atomic E-state index is 14.0. The van der Waals surface area contributed by atoms with Crippen LogP contribution in [0.3, 0.4) is 0 Å². The molecule has 0 bridgehead atoms. The van der Waals surface area contributed by atoms with Gasteiger partial charge in [0, 0.05) is 25.7 Å². The van der Waals surface area contributed by atoms with Crippen molar-refractivity contribution in [1.82, 2.24) is 0 Å². The van der Waals surface area contributed by atoms with Crippen LogP contribution < -0.4 is 10.6 Å². The molecule has 3 N–H and O–H groups in total. The lowest BCUT2D eigenvalue weighted by molar-refractivity contribution is 0.263. The third-order valence-electron chi connectivity index (χ3n) is 3.66. The van der Waals surface area contributed by atoms with E-state index in [4.69, 9.17) is 10.8 Å². The normalized spacial score (nSPS) is 21.3. The number of nitrogens with two attached hydrogens (primary N) is 1. The third-order valence-corrected chi connectivity index (χ3v) is 3.66. The highest BCUT2D eigenvalue weighted by atomic mass is 19.1. The Morgan fingerprint density at radius 1 is 1.56 bits per heavy atom. The van der Waals surface area contributed by atoms with Gasteiger partial charge in [-0.2, -0.15) is 0 Å². The molecule has 0 radical (unpaired) electrons. The Morgan fingerprint density at radius 2 is 2.33 bits per heavy atom. The molecule has 1 heterocycles. The van der Waals surface area contributed by atoms with Gasteiger partial charge in [0.1, 0.15) is 5.82 Å². The average molecular weight is 252 g/mol. The Hall–Kier alpha value is -1.13. The van der Waals surface area contributed by atoms with Gasteiger partial charge in [-0.3, -0.25) is 0 Å². The number of anilines is 1. The summed E-state index contributed by atoms with van der Waals surface area (Å²) in [6.07, 6.45) is 1.82. The van der Waals surface area contributed by atoms with Crippen LogP contribution in [-0.4, -0.2) is 24.8 Å². The van der Waals surface area contributed by atoms with Crippen molar-refractivity contribution in [3.05, 3.63) is 29.6 Å². The minimum absolute atomic E-state index is 0.144. The molecule has 2 rings (SSSR count). The van der Waals surface area contributed by atoms with E-state index in [-0.39, 0.29) is 18.5 Å². The summed E-state index contributed by atoms with van der Waals surface area (Å²) in [6.45, 7) is 3.75. The number of nitrogens with zero attached hydrogens (tertiary/aromatic N) is 1. The maximum Gasteiger partial charge on any atom is 0.146 e. The predicted molar refractivity (Wildman–Crippen MR) is 71.0 cm³/mol. The molecule has 1 aliphatic rings. The van der Waals surface area contributed by atoms with Crippen molar-refractivity contribution in [2.24, 2.45) is 11.7 Å². The third kappa shape index (κ3) is 2.82. The van der Waals surface area contributed by atoms with Crippen LogP contribution in [0.15, 0.2) is 18.2 Å². The summed E-state index contributed by atoms with van der Waals surface area (Å²) in [4.78, 5) is 2.06. The van der Waals surface area contributed by atoms with Gasteiger partial charge >= 0.3 is 0 Å². The molecule has 0 aliphatic carbocycles. The van der Waals surface area contributed by atoms with E-state index in [0.717, 1.165) is 31.5 Å². The lowest BCUT2D eigenvalue weighted by atomic mass is 10.1. The summed E-state index contributed by atoms with van der Waals surface area (Å²) < 4.78 is 14.0. The highest BCUT2D eigenvalue weighted by molar-refractivity contribution is 5.50. The lowest BCUT2D eigenvalue weighted by Gasteiger charge is -2.20. The van der Waals surface area contributed by atoms with Gasteiger partial charge in [-0.25, -0.2) is 4.39 Å². The minimum Gasteiger partial charge on any atom is -0.396 e. The Kier molecular flexibility index (Phi) is 4.19. The van der Waals surface area contributed by atoms with E-state index in [9.17, 15) is 4.39 Å². The van der Waals surface area contributed by atoms with Crippen LogP contribution in [-0.2, 0) is 0 Å². The summed E-state index contributed by atoms with van der Waals surface area (Å²) >= 11 is 0. The predicted octanol–water partition coefficient (Wildman–Crippen LogP) is 2.05. The van der Waals surface area contributed by atoms with Gasteiger partial charge in [0.2, 0.25) is 0 Å². The second-order valence-corrected chi connectivity index (χ2v) is 5.11. The molecule has 18 heavy (non-hydrogen) atoms. The summed E-state index contributed by atoms with van der Waals surface area (Å²) in [5.41, 5.74) is 7.21. The van der Waals surface area contributed by atoms with Crippen molar-refractivity contribution in [3.8, 4) is 0 Å². The lowest BCUT2D eigenvalue weighted by Crippen LogP contribution is -2.21. The summed E-state index contributed by atoms with van der Waals surface area (Å²) in [5.74, 6) is 0.275. The molecule has 0 aromatic heterocycles. The van der Waals surface area contributed by atoms with E-state index in [1.54, 1.807) is 0 Å². The first-order valence-corrected chi connectivity index (χ1v) is 6.52. The van der Waals surface area contributed by atoms with E-state index in [2.05, 4.69) is 4.90 Å². The second kappa shape index (κ2) is 5.67. The minimum atomic E-state index is -0.200. The zero-order chi connectivity index (χ0) is 13.1. The molecule has 1 aliphatic heterocycles. The standard InChI is InChI=1S/C14H21FN2O/c1-10(16)12-2-3-14(13(15)8-12)17-6-4-11(9-17)5-7-18/h2-3,8,10-11,18H,4-7,9,16H2,1H3. The van der Waals surface area contributed by atoms with Crippen molar-refractivity contribution < 1.29 is 9.50 Å². The maximum atomic E-state index is 14.0. The zero-order valence-electron chi connectivity index (χ0n) is 10.8. The van der Waals surface area contributed by atoms with Gasteiger partial charge in [-0.1, -0.05) is 6.07 Å². The fourth-order valence-electron chi connectivity index (χ4n) is 2.53. The van der Waals surface area contributed by atoms with Crippen LogP contribution in [0.2, 0.25) is 0 Å². The monoisotopic (exact) mass is 252 g/mol. The van der Waals surface area contributed by atoms with Crippen LogP contribution >= 0.6 is 0 Å². The van der Waals surface area contributed by atoms with E-state index in [0.29, 0.717) is 11.6 Å². The molecule has 4 heteroatoms. The number of benzene rings is 1. The number of hydrogen-bond donors (Lipinski definition) is 2. The molecule has 3 nitrogen and oxygen atoms in total. The molecule has 1 saturated heterocycles. The van der Waals surface area contributed by atoms with Crippen LogP contribution in [0.5, 0.6) is 0 Å².